The monoisotopic (exact) mass is 608 g/mol. The Bertz CT molecular complexity index is 1620. The van der Waals surface area contributed by atoms with E-state index in [1.165, 1.54) is 16.7 Å². The lowest BCUT2D eigenvalue weighted by Gasteiger charge is -2.28. The lowest BCUT2D eigenvalue weighted by atomic mass is 9.83. The van der Waals surface area contributed by atoms with Gasteiger partial charge in [0.2, 0.25) is 0 Å². The largest absolute Gasteiger partial charge is 0.864 e. The minimum atomic E-state index is -1.06. The second-order valence-corrected chi connectivity index (χ2v) is 13.0. The molecule has 0 N–H and O–H groups in total. The number of hydrogen-bond acceptors (Lipinski definition) is 4. The summed E-state index contributed by atoms with van der Waals surface area (Å²) < 4.78 is 26.3. The van der Waals surface area contributed by atoms with E-state index in [0.717, 1.165) is 61.6 Å². The van der Waals surface area contributed by atoms with Crippen LogP contribution in [0.4, 0.5) is 0 Å². The van der Waals surface area contributed by atoms with Crippen LogP contribution < -0.4 is 14.0 Å². The van der Waals surface area contributed by atoms with Gasteiger partial charge in [0, 0.05) is 11.1 Å². The van der Waals surface area contributed by atoms with Crippen molar-refractivity contribution in [1.82, 2.24) is 0 Å². The third-order valence-electron chi connectivity index (χ3n) is 8.72. The summed E-state index contributed by atoms with van der Waals surface area (Å²) in [5.74, 6) is 3.49. The Labute approximate surface area is 273 Å². The lowest BCUT2D eigenvalue weighted by molar-refractivity contribution is 0.253. The summed E-state index contributed by atoms with van der Waals surface area (Å²) in [6, 6.07) is 10.6. The molecule has 5 heteroatoms. The number of allylic oxidation sites excluding steroid dienone is 5. The molecule has 0 unspecified atom stereocenters. The minimum Gasteiger partial charge on any atom is -0.496 e. The minimum absolute atomic E-state index is 0.178. The molecule has 0 heterocycles. The Morgan fingerprint density at radius 3 is 1.76 bits per heavy atom. The molecule has 45 heavy (non-hydrogen) atoms. The van der Waals surface area contributed by atoms with Crippen LogP contribution in [-0.4, -0.2) is 14.4 Å². The van der Waals surface area contributed by atoms with E-state index in [1.54, 1.807) is 7.11 Å². The van der Waals surface area contributed by atoms with Crippen molar-refractivity contribution < 1.29 is 18.7 Å². The SMILES string of the molecule is C=C/C(C)=C\C(C)=C(/C)OB(Oc1ccc(C)cc1C)Oc1c(C(C)C)cc(C)c(C)c1-c1c(C)c(C)cc(C(C)C)c1OC. The molecule has 3 aromatic carbocycles. The van der Waals surface area contributed by atoms with Crippen LogP contribution in [0.5, 0.6) is 17.2 Å². The van der Waals surface area contributed by atoms with E-state index in [2.05, 4.69) is 87.1 Å². The van der Waals surface area contributed by atoms with Gasteiger partial charge in [-0.15, -0.1) is 0 Å². The van der Waals surface area contributed by atoms with Crippen molar-refractivity contribution in [2.24, 2.45) is 0 Å². The maximum Gasteiger partial charge on any atom is 0.864 e. The summed E-state index contributed by atoms with van der Waals surface area (Å²) in [6.45, 7) is 31.5. The van der Waals surface area contributed by atoms with Crippen LogP contribution in [0, 0.1) is 41.5 Å². The number of rotatable bonds is 12. The van der Waals surface area contributed by atoms with Crippen LogP contribution >= 0.6 is 0 Å². The molecule has 0 fully saturated rings. The van der Waals surface area contributed by atoms with Crippen molar-refractivity contribution in [1.29, 1.82) is 0 Å². The number of hydrogen-bond donors (Lipinski definition) is 0. The first kappa shape index (κ1) is 35.6. The fraction of sp³-hybridized carbons (Fsp3) is 0.400. The van der Waals surface area contributed by atoms with Crippen molar-refractivity contribution in [3.63, 3.8) is 0 Å². The van der Waals surface area contributed by atoms with Gasteiger partial charge < -0.3 is 18.7 Å². The van der Waals surface area contributed by atoms with Crippen LogP contribution in [0.1, 0.15) is 105 Å². The fourth-order valence-electron chi connectivity index (χ4n) is 5.59. The highest BCUT2D eigenvalue weighted by atomic mass is 16.7. The van der Waals surface area contributed by atoms with Crippen molar-refractivity contribution in [3.05, 3.63) is 110 Å². The molecule has 0 aliphatic rings. The topological polar surface area (TPSA) is 36.9 Å². The molecule has 0 spiro atoms. The molecule has 0 aromatic heterocycles. The van der Waals surface area contributed by atoms with Crippen LogP contribution in [0.3, 0.4) is 0 Å². The van der Waals surface area contributed by atoms with Gasteiger partial charge in [0.1, 0.15) is 17.2 Å². The first-order chi connectivity index (χ1) is 21.1. The summed E-state index contributed by atoms with van der Waals surface area (Å²) >= 11 is 0. The van der Waals surface area contributed by atoms with Crippen LogP contribution in [0.25, 0.3) is 11.1 Å². The maximum absolute atomic E-state index is 6.99. The molecule has 0 bridgehead atoms. The summed E-state index contributed by atoms with van der Waals surface area (Å²) in [7, 11) is 0.706. The van der Waals surface area contributed by atoms with E-state index in [1.807, 2.05) is 52.0 Å². The van der Waals surface area contributed by atoms with Gasteiger partial charge in [0.05, 0.1) is 12.9 Å². The predicted octanol–water partition coefficient (Wildman–Crippen LogP) is 11.3. The first-order valence-corrected chi connectivity index (χ1v) is 16.0. The molecular formula is C40H53BO4. The number of benzene rings is 3. The van der Waals surface area contributed by atoms with Gasteiger partial charge in [-0.05, 0) is 125 Å². The van der Waals surface area contributed by atoms with Gasteiger partial charge in [-0.25, -0.2) is 0 Å². The van der Waals surface area contributed by atoms with E-state index in [9.17, 15) is 0 Å². The molecule has 0 radical (unpaired) electrons. The smallest absolute Gasteiger partial charge is 0.496 e. The molecule has 0 atom stereocenters. The third kappa shape index (κ3) is 8.06. The van der Waals surface area contributed by atoms with Gasteiger partial charge in [-0.1, -0.05) is 81.8 Å². The number of ether oxygens (including phenoxy) is 1. The van der Waals surface area contributed by atoms with Gasteiger partial charge >= 0.3 is 7.32 Å². The summed E-state index contributed by atoms with van der Waals surface area (Å²) in [4.78, 5) is 0. The highest BCUT2D eigenvalue weighted by Crippen LogP contribution is 2.49. The summed E-state index contributed by atoms with van der Waals surface area (Å²) in [5, 5.41) is 0. The molecule has 0 saturated heterocycles. The van der Waals surface area contributed by atoms with E-state index < -0.39 is 7.32 Å². The normalized spacial score (nSPS) is 12.3. The molecule has 0 saturated carbocycles. The average molecular weight is 609 g/mol. The second kappa shape index (κ2) is 15.0. The van der Waals surface area contributed by atoms with Crippen LogP contribution in [-0.2, 0) is 4.65 Å². The Hall–Kier alpha value is -3.86. The van der Waals surface area contributed by atoms with Crippen molar-refractivity contribution in [2.75, 3.05) is 7.11 Å². The van der Waals surface area contributed by atoms with Crippen molar-refractivity contribution in [2.45, 2.75) is 102 Å². The molecular weight excluding hydrogens is 555 g/mol. The fourth-order valence-corrected chi connectivity index (χ4v) is 5.59. The maximum atomic E-state index is 6.99. The predicted molar refractivity (Wildman–Crippen MR) is 192 cm³/mol. The first-order valence-electron chi connectivity index (χ1n) is 16.0. The highest BCUT2D eigenvalue weighted by molar-refractivity contribution is 6.39. The Morgan fingerprint density at radius 2 is 1.27 bits per heavy atom. The molecule has 3 rings (SSSR count). The Kier molecular flexibility index (Phi) is 11.8. The number of methoxy groups -OCH3 is 1. The highest BCUT2D eigenvalue weighted by Gasteiger charge is 2.35. The zero-order chi connectivity index (χ0) is 33.7. The van der Waals surface area contributed by atoms with Gasteiger partial charge in [-0.2, -0.15) is 0 Å². The molecule has 3 aromatic rings. The number of aryl methyl sites for hydroxylation is 4. The van der Waals surface area contributed by atoms with Gasteiger partial charge in [0.25, 0.3) is 0 Å². The lowest BCUT2D eigenvalue weighted by Crippen LogP contribution is -2.34. The molecule has 4 nitrogen and oxygen atoms in total. The quantitative estimate of drug-likeness (QED) is 0.116. The molecule has 0 amide bonds. The third-order valence-corrected chi connectivity index (χ3v) is 8.72. The second-order valence-electron chi connectivity index (χ2n) is 13.0. The molecule has 240 valence electrons. The van der Waals surface area contributed by atoms with Crippen LogP contribution in [0.15, 0.2) is 66.0 Å². The average Bonchev–Trinajstić information content (AvgIpc) is 2.97. The summed E-state index contributed by atoms with van der Waals surface area (Å²) in [5.41, 5.74) is 13.2. The standard InChI is InChI=1S/C40H53BO4/c1-16-25(6)19-29(10)33(14)43-41(44-36-18-17-26(7)20-30(36)11)45-40-35(24(4)5)22-28(9)32(13)38(40)37-31(12)27(8)21-34(23(2)3)39(37)42-15/h16-24H,1H2,2-15H3/b25-19-,33-29+. The Morgan fingerprint density at radius 1 is 0.733 bits per heavy atom. The van der Waals surface area contributed by atoms with E-state index in [0.29, 0.717) is 11.5 Å². The van der Waals surface area contributed by atoms with Gasteiger partial charge in [-0.3, -0.25) is 0 Å². The van der Waals surface area contributed by atoms with Crippen molar-refractivity contribution in [3.8, 4) is 28.4 Å². The van der Waals surface area contributed by atoms with E-state index in [-0.39, 0.29) is 11.8 Å². The van der Waals surface area contributed by atoms with E-state index >= 15 is 0 Å². The molecule has 0 aliphatic carbocycles. The van der Waals surface area contributed by atoms with Crippen molar-refractivity contribution >= 4 is 7.32 Å². The van der Waals surface area contributed by atoms with Crippen LogP contribution in [0.2, 0.25) is 0 Å². The van der Waals surface area contributed by atoms with E-state index in [4.69, 9.17) is 18.7 Å². The summed E-state index contributed by atoms with van der Waals surface area (Å²) in [6.07, 6.45) is 3.88. The Balaban J connectivity index is 2.38. The molecule has 0 aliphatic heterocycles. The zero-order valence-electron chi connectivity index (χ0n) is 30.1. The zero-order valence-corrected chi connectivity index (χ0v) is 30.1. The van der Waals surface area contributed by atoms with Gasteiger partial charge in [0.15, 0.2) is 0 Å².